The van der Waals surface area contributed by atoms with Gasteiger partial charge in [0.1, 0.15) is 6.54 Å². The SMILES string of the molecule is CCC[C@H](C)NC(=O)CN1C(=O)N[C@@](C)(c2cccs2)C1=O. The van der Waals surface area contributed by atoms with Gasteiger partial charge in [0.05, 0.1) is 0 Å². The highest BCUT2D eigenvalue weighted by molar-refractivity contribution is 7.10. The molecule has 0 aliphatic carbocycles. The van der Waals surface area contributed by atoms with Crippen LogP contribution in [0.2, 0.25) is 0 Å². The molecule has 1 aromatic heterocycles. The van der Waals surface area contributed by atoms with Gasteiger partial charge in [-0.3, -0.25) is 14.5 Å². The number of nitrogens with one attached hydrogen (secondary N) is 2. The molecule has 2 N–H and O–H groups in total. The zero-order valence-corrected chi connectivity index (χ0v) is 13.8. The smallest absolute Gasteiger partial charge is 0.325 e. The zero-order chi connectivity index (χ0) is 16.3. The van der Waals surface area contributed by atoms with Gasteiger partial charge in [0.2, 0.25) is 5.91 Å². The van der Waals surface area contributed by atoms with Crippen LogP contribution in [0.15, 0.2) is 17.5 Å². The Morgan fingerprint density at radius 2 is 2.23 bits per heavy atom. The Hall–Kier alpha value is -1.89. The predicted octanol–water partition coefficient (Wildman–Crippen LogP) is 1.82. The number of thiophene rings is 1. The number of hydrogen-bond acceptors (Lipinski definition) is 4. The van der Waals surface area contributed by atoms with Gasteiger partial charge >= 0.3 is 6.03 Å². The number of hydrogen-bond donors (Lipinski definition) is 2. The molecule has 22 heavy (non-hydrogen) atoms. The van der Waals surface area contributed by atoms with E-state index < -0.39 is 17.5 Å². The van der Waals surface area contributed by atoms with Gasteiger partial charge in [0.15, 0.2) is 5.54 Å². The van der Waals surface area contributed by atoms with E-state index >= 15 is 0 Å². The van der Waals surface area contributed by atoms with E-state index in [9.17, 15) is 14.4 Å². The minimum atomic E-state index is -1.08. The molecule has 1 aliphatic heterocycles. The molecule has 0 radical (unpaired) electrons. The van der Waals surface area contributed by atoms with Crippen LogP contribution in [0.3, 0.4) is 0 Å². The Kier molecular flexibility index (Phi) is 4.85. The van der Waals surface area contributed by atoms with Crippen LogP contribution in [-0.2, 0) is 15.1 Å². The maximum Gasteiger partial charge on any atom is 0.325 e. The summed E-state index contributed by atoms with van der Waals surface area (Å²) in [5, 5.41) is 7.33. The molecule has 2 atom stereocenters. The van der Waals surface area contributed by atoms with Crippen molar-refractivity contribution in [3.05, 3.63) is 22.4 Å². The average Bonchev–Trinajstić information content (AvgIpc) is 3.04. The molecule has 0 saturated carbocycles. The second kappa shape index (κ2) is 6.48. The fraction of sp³-hybridized carbons (Fsp3) is 0.533. The topological polar surface area (TPSA) is 78.5 Å². The first-order chi connectivity index (χ1) is 10.4. The fourth-order valence-electron chi connectivity index (χ4n) is 2.54. The van der Waals surface area contributed by atoms with Gasteiger partial charge in [0, 0.05) is 10.9 Å². The quantitative estimate of drug-likeness (QED) is 0.784. The molecule has 0 spiro atoms. The summed E-state index contributed by atoms with van der Waals surface area (Å²) in [6, 6.07) is 3.13. The van der Waals surface area contributed by atoms with Crippen molar-refractivity contribution in [2.24, 2.45) is 0 Å². The van der Waals surface area contributed by atoms with Gasteiger partial charge < -0.3 is 10.6 Å². The van der Waals surface area contributed by atoms with E-state index in [1.54, 1.807) is 13.0 Å². The maximum atomic E-state index is 12.6. The van der Waals surface area contributed by atoms with Crippen molar-refractivity contribution in [1.29, 1.82) is 0 Å². The van der Waals surface area contributed by atoms with Gasteiger partial charge in [-0.2, -0.15) is 0 Å². The van der Waals surface area contributed by atoms with Crippen LogP contribution >= 0.6 is 11.3 Å². The van der Waals surface area contributed by atoms with E-state index in [0.29, 0.717) is 0 Å². The maximum absolute atomic E-state index is 12.6. The summed E-state index contributed by atoms with van der Waals surface area (Å²) in [4.78, 5) is 38.3. The average molecular weight is 323 g/mol. The number of rotatable bonds is 6. The lowest BCUT2D eigenvalue weighted by atomic mass is 10.0. The number of urea groups is 1. The predicted molar refractivity (Wildman–Crippen MR) is 84.4 cm³/mol. The number of amides is 4. The van der Waals surface area contributed by atoms with Crippen molar-refractivity contribution >= 4 is 29.2 Å². The summed E-state index contributed by atoms with van der Waals surface area (Å²) < 4.78 is 0. The number of nitrogens with zero attached hydrogens (tertiary/aromatic N) is 1. The third-order valence-corrected chi connectivity index (χ3v) is 4.81. The van der Waals surface area contributed by atoms with Crippen LogP contribution in [-0.4, -0.2) is 35.3 Å². The third kappa shape index (κ3) is 3.14. The molecule has 0 bridgehead atoms. The van der Waals surface area contributed by atoms with Crippen molar-refractivity contribution in [2.45, 2.75) is 45.2 Å². The van der Waals surface area contributed by atoms with Crippen molar-refractivity contribution in [3.8, 4) is 0 Å². The highest BCUT2D eigenvalue weighted by Crippen LogP contribution is 2.31. The van der Waals surface area contributed by atoms with Gasteiger partial charge in [-0.1, -0.05) is 19.4 Å². The van der Waals surface area contributed by atoms with Gasteiger partial charge in [-0.25, -0.2) is 4.79 Å². The summed E-state index contributed by atoms with van der Waals surface area (Å²) in [5.74, 6) is -0.710. The van der Waals surface area contributed by atoms with Crippen LogP contribution in [0, 0.1) is 0 Å². The highest BCUT2D eigenvalue weighted by Gasteiger charge is 2.50. The van der Waals surface area contributed by atoms with Gasteiger partial charge in [-0.15, -0.1) is 11.3 Å². The summed E-state index contributed by atoms with van der Waals surface area (Å²) >= 11 is 1.40. The van der Waals surface area contributed by atoms with E-state index in [0.717, 1.165) is 22.6 Å². The third-order valence-electron chi connectivity index (χ3n) is 3.72. The number of carbonyl (C=O) groups excluding carboxylic acids is 3. The molecule has 1 aromatic rings. The number of imide groups is 1. The molecule has 0 aromatic carbocycles. The molecular formula is C15H21N3O3S. The van der Waals surface area contributed by atoms with E-state index in [1.807, 2.05) is 25.3 Å². The summed E-state index contributed by atoms with van der Waals surface area (Å²) in [7, 11) is 0. The fourth-order valence-corrected chi connectivity index (χ4v) is 3.37. The Morgan fingerprint density at radius 3 is 2.82 bits per heavy atom. The molecule has 2 rings (SSSR count). The molecule has 4 amide bonds. The minimum Gasteiger partial charge on any atom is -0.352 e. The molecule has 2 heterocycles. The monoisotopic (exact) mass is 323 g/mol. The summed E-state index contributed by atoms with van der Waals surface area (Å²) in [6.45, 7) is 5.35. The van der Waals surface area contributed by atoms with Crippen LogP contribution in [0.1, 0.15) is 38.5 Å². The van der Waals surface area contributed by atoms with Crippen LogP contribution in [0.25, 0.3) is 0 Å². The standard InChI is InChI=1S/C15H21N3O3S/c1-4-6-10(2)16-12(19)9-18-13(20)15(3,17-14(18)21)11-7-5-8-22-11/h5,7-8,10H,4,6,9H2,1-3H3,(H,16,19)(H,17,21)/t10-,15-/m0/s1. The van der Waals surface area contributed by atoms with Crippen molar-refractivity contribution in [1.82, 2.24) is 15.5 Å². The molecular weight excluding hydrogens is 302 g/mol. The Bertz CT molecular complexity index is 573. The summed E-state index contributed by atoms with van der Waals surface area (Å²) in [5.41, 5.74) is -1.08. The Morgan fingerprint density at radius 1 is 1.50 bits per heavy atom. The molecule has 1 saturated heterocycles. The van der Waals surface area contributed by atoms with Gasteiger partial charge in [0.25, 0.3) is 5.91 Å². The first-order valence-corrected chi connectivity index (χ1v) is 8.24. The second-order valence-electron chi connectivity index (χ2n) is 5.68. The first-order valence-electron chi connectivity index (χ1n) is 7.36. The lowest BCUT2D eigenvalue weighted by Gasteiger charge is -2.20. The molecule has 7 heteroatoms. The van der Waals surface area contributed by atoms with Crippen LogP contribution in [0.4, 0.5) is 4.79 Å². The van der Waals surface area contributed by atoms with E-state index in [1.165, 1.54) is 11.3 Å². The summed E-state index contributed by atoms with van der Waals surface area (Å²) in [6.07, 6.45) is 1.82. The number of carbonyl (C=O) groups is 3. The van der Waals surface area contributed by atoms with E-state index in [4.69, 9.17) is 0 Å². The lowest BCUT2D eigenvalue weighted by molar-refractivity contribution is -0.134. The van der Waals surface area contributed by atoms with Crippen LogP contribution in [0.5, 0.6) is 0 Å². The van der Waals surface area contributed by atoms with Crippen molar-refractivity contribution in [3.63, 3.8) is 0 Å². The van der Waals surface area contributed by atoms with Crippen molar-refractivity contribution < 1.29 is 14.4 Å². The molecule has 0 unspecified atom stereocenters. The van der Waals surface area contributed by atoms with Crippen molar-refractivity contribution in [2.75, 3.05) is 6.54 Å². The molecule has 1 fully saturated rings. The highest BCUT2D eigenvalue weighted by atomic mass is 32.1. The Labute approximate surface area is 133 Å². The lowest BCUT2D eigenvalue weighted by Crippen LogP contribution is -2.44. The van der Waals surface area contributed by atoms with Crippen LogP contribution < -0.4 is 10.6 Å². The normalized spacial score (nSPS) is 22.6. The molecule has 120 valence electrons. The van der Waals surface area contributed by atoms with E-state index in [-0.39, 0.29) is 18.5 Å². The largest absolute Gasteiger partial charge is 0.352 e. The van der Waals surface area contributed by atoms with E-state index in [2.05, 4.69) is 10.6 Å². The Balaban J connectivity index is 2.05. The zero-order valence-electron chi connectivity index (χ0n) is 13.0. The molecule has 1 aliphatic rings. The van der Waals surface area contributed by atoms with Gasteiger partial charge in [-0.05, 0) is 31.7 Å². The second-order valence-corrected chi connectivity index (χ2v) is 6.63. The minimum absolute atomic E-state index is 0.0296. The molecule has 6 nitrogen and oxygen atoms in total. The first kappa shape index (κ1) is 16.5.